The van der Waals surface area contributed by atoms with Gasteiger partial charge in [-0.25, -0.2) is 4.79 Å². The van der Waals surface area contributed by atoms with Gasteiger partial charge in [-0.3, -0.25) is 5.32 Å². The molecule has 0 saturated heterocycles. The minimum absolute atomic E-state index is 0.423. The fourth-order valence-electron chi connectivity index (χ4n) is 2.22. The summed E-state index contributed by atoms with van der Waals surface area (Å²) in [6, 6.07) is 8.39. The van der Waals surface area contributed by atoms with Gasteiger partial charge in [0.25, 0.3) is 0 Å². The lowest BCUT2D eigenvalue weighted by atomic mass is 10.1. The van der Waals surface area contributed by atoms with Crippen molar-refractivity contribution in [1.29, 1.82) is 0 Å². The topological polar surface area (TPSA) is 50.4 Å². The lowest BCUT2D eigenvalue weighted by Crippen LogP contribution is -2.27. The van der Waals surface area contributed by atoms with Crippen LogP contribution in [0.3, 0.4) is 0 Å². The van der Waals surface area contributed by atoms with Crippen LogP contribution in [0.1, 0.15) is 65.9 Å². The summed E-state index contributed by atoms with van der Waals surface area (Å²) in [5.41, 5.74) is 1.48. The lowest BCUT2D eigenvalue weighted by Gasteiger charge is -2.19. The number of ether oxygens (including phenoxy) is 1. The number of unbranched alkanes of at least 4 members (excludes halogenated alkanes) is 2. The third-order valence-corrected chi connectivity index (χ3v) is 3.49. The van der Waals surface area contributed by atoms with Gasteiger partial charge in [-0.2, -0.15) is 0 Å². The van der Waals surface area contributed by atoms with Gasteiger partial charge in [0, 0.05) is 18.3 Å². The Bertz CT molecular complexity index is 463. The minimum atomic E-state index is -0.484. The molecule has 0 spiro atoms. The molecule has 0 saturated carbocycles. The zero-order chi connectivity index (χ0) is 17.3. The number of rotatable bonds is 8. The Labute approximate surface area is 141 Å². The first kappa shape index (κ1) is 19.5. The molecule has 23 heavy (non-hydrogen) atoms. The Kier molecular flexibility index (Phi) is 8.10. The zero-order valence-electron chi connectivity index (χ0n) is 15.2. The number of hydrogen-bond donors (Lipinski definition) is 2. The summed E-state index contributed by atoms with van der Waals surface area (Å²) < 4.78 is 5.24. The van der Waals surface area contributed by atoms with Crippen molar-refractivity contribution in [1.82, 2.24) is 5.32 Å². The fourth-order valence-corrected chi connectivity index (χ4v) is 2.22. The van der Waals surface area contributed by atoms with Crippen molar-refractivity contribution in [3.8, 4) is 0 Å². The van der Waals surface area contributed by atoms with Crippen LogP contribution < -0.4 is 10.6 Å². The molecule has 1 unspecified atom stereocenters. The number of carbonyl (C=O) groups is 1. The molecular formula is C19H32N2O2. The van der Waals surface area contributed by atoms with Gasteiger partial charge in [0.15, 0.2) is 0 Å². The molecule has 2 N–H and O–H groups in total. The van der Waals surface area contributed by atoms with E-state index in [1.807, 2.05) is 45.0 Å². The quantitative estimate of drug-likeness (QED) is 0.656. The molecule has 0 aliphatic heterocycles. The second-order valence-corrected chi connectivity index (χ2v) is 7.10. The van der Waals surface area contributed by atoms with Gasteiger partial charge in [0.1, 0.15) is 5.60 Å². The summed E-state index contributed by atoms with van der Waals surface area (Å²) >= 11 is 0. The van der Waals surface area contributed by atoms with E-state index in [1.165, 1.54) is 31.2 Å². The van der Waals surface area contributed by atoms with Crippen LogP contribution in [-0.2, 0) is 11.3 Å². The van der Waals surface area contributed by atoms with Gasteiger partial charge in [0.05, 0.1) is 0 Å². The van der Waals surface area contributed by atoms with E-state index in [1.54, 1.807) is 0 Å². The first-order valence-corrected chi connectivity index (χ1v) is 8.62. The van der Waals surface area contributed by atoms with Gasteiger partial charge in [-0.1, -0.05) is 38.3 Å². The number of carbonyl (C=O) groups excluding carboxylic acids is 1. The van der Waals surface area contributed by atoms with E-state index in [0.29, 0.717) is 6.04 Å². The number of anilines is 1. The third-order valence-electron chi connectivity index (χ3n) is 3.49. The van der Waals surface area contributed by atoms with Gasteiger partial charge < -0.3 is 10.1 Å². The van der Waals surface area contributed by atoms with Crippen LogP contribution in [0.5, 0.6) is 0 Å². The van der Waals surface area contributed by atoms with E-state index in [9.17, 15) is 4.79 Å². The lowest BCUT2D eigenvalue weighted by molar-refractivity contribution is 0.0636. The van der Waals surface area contributed by atoms with Crippen LogP contribution in [0.4, 0.5) is 10.5 Å². The number of benzene rings is 1. The second kappa shape index (κ2) is 9.56. The molecule has 1 amide bonds. The van der Waals surface area contributed by atoms with Crippen molar-refractivity contribution < 1.29 is 9.53 Å². The molecule has 0 bridgehead atoms. The van der Waals surface area contributed by atoms with E-state index in [0.717, 1.165) is 12.2 Å². The first-order chi connectivity index (χ1) is 10.8. The highest BCUT2D eigenvalue weighted by atomic mass is 16.6. The highest BCUT2D eigenvalue weighted by Crippen LogP contribution is 2.13. The molecule has 0 fully saturated rings. The Morgan fingerprint density at radius 3 is 2.39 bits per heavy atom. The van der Waals surface area contributed by atoms with Crippen LogP contribution >= 0.6 is 0 Å². The van der Waals surface area contributed by atoms with E-state index in [2.05, 4.69) is 24.5 Å². The standard InChI is InChI=1S/C19H32N2O2/c1-6-7-8-9-15(2)20-14-16-10-12-17(13-11-16)21-18(22)23-19(3,4)5/h10-13,15,20H,6-9,14H2,1-5H3,(H,21,22). The molecule has 4 heteroatoms. The Balaban J connectivity index is 2.37. The molecule has 1 aromatic carbocycles. The zero-order valence-corrected chi connectivity index (χ0v) is 15.2. The minimum Gasteiger partial charge on any atom is -0.444 e. The highest BCUT2D eigenvalue weighted by Gasteiger charge is 2.16. The van der Waals surface area contributed by atoms with Crippen LogP contribution in [0, 0.1) is 0 Å². The molecule has 0 aromatic heterocycles. The van der Waals surface area contributed by atoms with Crippen molar-refractivity contribution in [2.75, 3.05) is 5.32 Å². The second-order valence-electron chi connectivity index (χ2n) is 7.10. The monoisotopic (exact) mass is 320 g/mol. The summed E-state index contributed by atoms with van der Waals surface area (Å²) in [6.07, 6.45) is 4.64. The summed E-state index contributed by atoms with van der Waals surface area (Å²) in [4.78, 5) is 11.7. The van der Waals surface area contributed by atoms with Crippen LogP contribution in [0.2, 0.25) is 0 Å². The molecule has 1 atom stereocenters. The molecule has 0 aliphatic rings. The fraction of sp³-hybridized carbons (Fsp3) is 0.632. The Morgan fingerprint density at radius 1 is 1.17 bits per heavy atom. The van der Waals surface area contributed by atoms with Gasteiger partial charge >= 0.3 is 6.09 Å². The molecular weight excluding hydrogens is 288 g/mol. The molecule has 1 rings (SSSR count). The largest absolute Gasteiger partial charge is 0.444 e. The first-order valence-electron chi connectivity index (χ1n) is 8.62. The predicted molar refractivity (Wildman–Crippen MR) is 96.7 cm³/mol. The molecule has 0 radical (unpaired) electrons. The predicted octanol–water partition coefficient (Wildman–Crippen LogP) is 5.09. The Morgan fingerprint density at radius 2 is 1.83 bits per heavy atom. The van der Waals surface area contributed by atoms with Gasteiger partial charge in [-0.05, 0) is 51.8 Å². The molecule has 1 aromatic rings. The van der Waals surface area contributed by atoms with Crippen molar-refractivity contribution in [3.63, 3.8) is 0 Å². The van der Waals surface area contributed by atoms with E-state index in [-0.39, 0.29) is 0 Å². The summed E-state index contributed by atoms with van der Waals surface area (Å²) in [5, 5.41) is 6.28. The van der Waals surface area contributed by atoms with E-state index >= 15 is 0 Å². The number of nitrogens with one attached hydrogen (secondary N) is 2. The highest BCUT2D eigenvalue weighted by molar-refractivity contribution is 5.84. The van der Waals surface area contributed by atoms with Crippen molar-refractivity contribution in [3.05, 3.63) is 29.8 Å². The SMILES string of the molecule is CCCCCC(C)NCc1ccc(NC(=O)OC(C)(C)C)cc1. The van der Waals surface area contributed by atoms with Crippen LogP contribution in [0.15, 0.2) is 24.3 Å². The maximum atomic E-state index is 11.7. The maximum Gasteiger partial charge on any atom is 0.412 e. The average Bonchev–Trinajstić information content (AvgIpc) is 2.45. The molecule has 130 valence electrons. The smallest absolute Gasteiger partial charge is 0.412 e. The Hall–Kier alpha value is -1.55. The normalized spacial score (nSPS) is 12.7. The number of amides is 1. The number of hydrogen-bond acceptors (Lipinski definition) is 3. The van der Waals surface area contributed by atoms with E-state index < -0.39 is 11.7 Å². The maximum absolute atomic E-state index is 11.7. The molecule has 4 nitrogen and oxygen atoms in total. The van der Waals surface area contributed by atoms with Crippen LogP contribution in [0.25, 0.3) is 0 Å². The van der Waals surface area contributed by atoms with Crippen molar-refractivity contribution in [2.45, 2.75) is 78.5 Å². The van der Waals surface area contributed by atoms with E-state index in [4.69, 9.17) is 4.74 Å². The van der Waals surface area contributed by atoms with Gasteiger partial charge in [0.2, 0.25) is 0 Å². The molecule has 0 heterocycles. The average molecular weight is 320 g/mol. The molecule has 0 aliphatic carbocycles. The summed E-state index contributed by atoms with van der Waals surface area (Å²) in [6.45, 7) is 10.9. The van der Waals surface area contributed by atoms with Crippen molar-refractivity contribution >= 4 is 11.8 Å². The third kappa shape index (κ3) is 9.24. The van der Waals surface area contributed by atoms with Crippen LogP contribution in [-0.4, -0.2) is 17.7 Å². The summed E-state index contributed by atoms with van der Waals surface area (Å²) in [5.74, 6) is 0. The van der Waals surface area contributed by atoms with Gasteiger partial charge in [-0.15, -0.1) is 0 Å². The van der Waals surface area contributed by atoms with Crippen molar-refractivity contribution in [2.24, 2.45) is 0 Å². The summed E-state index contributed by atoms with van der Waals surface area (Å²) in [7, 11) is 0.